The van der Waals surface area contributed by atoms with E-state index in [0.29, 0.717) is 0 Å². The zero-order chi connectivity index (χ0) is 38.5. The van der Waals surface area contributed by atoms with Crippen molar-refractivity contribution in [3.63, 3.8) is 0 Å². The molecule has 0 atom stereocenters. The standard InChI is InChI=1S/C46H30BN3S/c1-27-19-22-30(23-20-27)49-38-17-10-18-39-42(38)47(46-44(49)34-25-28(2)21-24-40(34)51-46)35-26-33-31-13-6-8-15-36(31)48(29-11-4-3-5-12-29)43(33)41-32-14-7-9-16-37(32)50(39)45(35)41/h3-26H,1-2H3/i1D3,2D3. The van der Waals surface area contributed by atoms with Crippen molar-refractivity contribution in [3.8, 4) is 11.4 Å². The maximum absolute atomic E-state index is 8.35. The fourth-order valence-corrected chi connectivity index (χ4v) is 10.4. The Morgan fingerprint density at radius 2 is 1.27 bits per heavy atom. The molecular weight excluding hydrogens is 637 g/mol. The van der Waals surface area contributed by atoms with Gasteiger partial charge in [-0.25, -0.2) is 0 Å². The maximum Gasteiger partial charge on any atom is 0.264 e. The molecule has 3 aromatic heterocycles. The number of rotatable bonds is 2. The monoisotopic (exact) mass is 673 g/mol. The van der Waals surface area contributed by atoms with Crippen LogP contribution in [0.1, 0.15) is 19.4 Å². The fraction of sp³-hybridized carbons (Fsp3) is 0.0435. The molecule has 5 heterocycles. The molecule has 0 spiro atoms. The van der Waals surface area contributed by atoms with Gasteiger partial charge in [0.25, 0.3) is 6.71 Å². The smallest absolute Gasteiger partial charge is 0.264 e. The molecule has 7 aromatic carbocycles. The van der Waals surface area contributed by atoms with Crippen LogP contribution in [0, 0.1) is 13.7 Å². The van der Waals surface area contributed by atoms with Crippen molar-refractivity contribution in [3.05, 3.63) is 157 Å². The van der Waals surface area contributed by atoms with E-state index in [1.807, 2.05) is 24.3 Å². The lowest BCUT2D eigenvalue weighted by Gasteiger charge is -2.39. The lowest BCUT2D eigenvalue weighted by atomic mass is 9.36. The molecule has 0 saturated carbocycles. The van der Waals surface area contributed by atoms with Gasteiger partial charge in [-0.15, -0.1) is 11.3 Å². The first-order valence-corrected chi connectivity index (χ1v) is 18.0. The highest BCUT2D eigenvalue weighted by atomic mass is 32.1. The minimum Gasteiger partial charge on any atom is -0.310 e. The topological polar surface area (TPSA) is 13.1 Å². The maximum atomic E-state index is 8.35. The van der Waals surface area contributed by atoms with Crippen molar-refractivity contribution < 1.29 is 8.22 Å². The molecule has 10 aromatic rings. The van der Waals surface area contributed by atoms with Crippen molar-refractivity contribution in [1.29, 1.82) is 0 Å². The van der Waals surface area contributed by atoms with Gasteiger partial charge >= 0.3 is 0 Å². The van der Waals surface area contributed by atoms with E-state index >= 15 is 0 Å². The number of aromatic nitrogens is 2. The van der Waals surface area contributed by atoms with Crippen LogP contribution in [0.25, 0.3) is 65.1 Å². The molecule has 51 heavy (non-hydrogen) atoms. The van der Waals surface area contributed by atoms with Crippen LogP contribution in [0.2, 0.25) is 0 Å². The second kappa shape index (κ2) is 9.81. The Labute approximate surface area is 307 Å². The van der Waals surface area contributed by atoms with E-state index in [1.165, 1.54) is 38.0 Å². The summed E-state index contributed by atoms with van der Waals surface area (Å²) >= 11 is 1.71. The number of fused-ring (bicyclic) bond motifs is 13. The second-order valence-electron chi connectivity index (χ2n) is 13.7. The molecule has 0 bridgehead atoms. The quantitative estimate of drug-likeness (QED) is 0.167. The summed E-state index contributed by atoms with van der Waals surface area (Å²) in [6, 6.07) is 49.5. The number of aryl methyl sites for hydroxylation is 2. The normalized spacial score (nSPS) is 15.5. The van der Waals surface area contributed by atoms with Crippen LogP contribution in [0.3, 0.4) is 0 Å². The number of thiophene rings is 1. The van der Waals surface area contributed by atoms with Crippen LogP contribution >= 0.6 is 11.3 Å². The molecular formula is C46H30BN3S. The first kappa shape index (κ1) is 22.6. The number of hydrogen-bond donors (Lipinski definition) is 0. The van der Waals surface area contributed by atoms with Gasteiger partial charge < -0.3 is 14.0 Å². The minimum atomic E-state index is -2.29. The summed E-state index contributed by atoms with van der Waals surface area (Å²) in [7, 11) is 0. The van der Waals surface area contributed by atoms with Crippen LogP contribution in [-0.4, -0.2) is 15.8 Å². The molecule has 3 nitrogen and oxygen atoms in total. The van der Waals surface area contributed by atoms with E-state index in [9.17, 15) is 0 Å². The first-order valence-electron chi connectivity index (χ1n) is 20.2. The lowest BCUT2D eigenvalue weighted by molar-refractivity contribution is 1.17. The summed E-state index contributed by atoms with van der Waals surface area (Å²) < 4.78 is 56.2. The molecule has 0 aliphatic carbocycles. The third-order valence-electron chi connectivity index (χ3n) is 11.1. The first-order chi connectivity index (χ1) is 27.6. The van der Waals surface area contributed by atoms with Gasteiger partial charge in [0.05, 0.1) is 27.8 Å². The molecule has 12 rings (SSSR count). The Bertz CT molecular complexity index is 3340. The average molecular weight is 674 g/mol. The van der Waals surface area contributed by atoms with Gasteiger partial charge in [-0.3, -0.25) is 0 Å². The molecule has 0 N–H and O–H groups in total. The average Bonchev–Trinajstić information content (AvgIpc) is 3.87. The van der Waals surface area contributed by atoms with E-state index in [0.717, 1.165) is 59.8 Å². The predicted octanol–water partition coefficient (Wildman–Crippen LogP) is 10.3. The van der Waals surface area contributed by atoms with Gasteiger partial charge in [-0.05, 0) is 85.3 Å². The van der Waals surface area contributed by atoms with Gasteiger partial charge in [0.2, 0.25) is 0 Å². The zero-order valence-corrected chi connectivity index (χ0v) is 28.0. The number of benzene rings is 7. The lowest BCUT2D eigenvalue weighted by Crippen LogP contribution is -2.59. The molecule has 2 aliphatic rings. The molecule has 238 valence electrons. The summed E-state index contributed by atoms with van der Waals surface area (Å²) in [6.45, 7) is -4.70. The molecule has 5 heteroatoms. The van der Waals surface area contributed by atoms with Crippen molar-refractivity contribution in [2.45, 2.75) is 13.7 Å². The van der Waals surface area contributed by atoms with Crippen LogP contribution in [0.4, 0.5) is 17.1 Å². The summed E-state index contributed by atoms with van der Waals surface area (Å²) in [5.74, 6) is 0. The number of para-hydroxylation sites is 3. The second-order valence-corrected chi connectivity index (χ2v) is 14.8. The Morgan fingerprint density at radius 1 is 0.549 bits per heavy atom. The van der Waals surface area contributed by atoms with E-state index in [1.54, 1.807) is 29.5 Å². The molecule has 0 amide bonds. The Balaban J connectivity index is 1.26. The van der Waals surface area contributed by atoms with Crippen LogP contribution in [0.15, 0.2) is 146 Å². The largest absolute Gasteiger partial charge is 0.310 e. The summed E-state index contributed by atoms with van der Waals surface area (Å²) in [5, 5.41) is 5.59. The molecule has 0 unspecified atom stereocenters. The van der Waals surface area contributed by atoms with Gasteiger partial charge in [-0.1, -0.05) is 96.1 Å². The van der Waals surface area contributed by atoms with Crippen molar-refractivity contribution in [1.82, 2.24) is 9.13 Å². The summed E-state index contributed by atoms with van der Waals surface area (Å²) in [6.07, 6.45) is 0. The zero-order valence-electron chi connectivity index (χ0n) is 33.2. The Kier molecular flexibility index (Phi) is 4.35. The molecule has 0 fully saturated rings. The Hall–Kier alpha value is -6.04. The SMILES string of the molecule is [2H]C([2H])([2H])c1ccc(N2c3cccc4c3B(c3sc5ccc(C([2H])([2H])[2H])cc5c32)c2cc3c5ccccc5n(-c5ccccc5)c3c3c5ccccc5n-4c23)cc1. The van der Waals surface area contributed by atoms with Crippen molar-refractivity contribution >= 4 is 105 Å². The highest BCUT2D eigenvalue weighted by molar-refractivity contribution is 7.33. The van der Waals surface area contributed by atoms with Gasteiger partial charge in [0, 0.05) is 67.4 Å². The number of hydrogen-bond acceptors (Lipinski definition) is 2. The van der Waals surface area contributed by atoms with Crippen LogP contribution < -0.4 is 20.6 Å². The van der Waals surface area contributed by atoms with Crippen LogP contribution in [-0.2, 0) is 0 Å². The van der Waals surface area contributed by atoms with Gasteiger partial charge in [0.1, 0.15) is 0 Å². The van der Waals surface area contributed by atoms with Gasteiger partial charge in [0.15, 0.2) is 0 Å². The van der Waals surface area contributed by atoms with E-state index in [2.05, 4.69) is 117 Å². The fourth-order valence-electron chi connectivity index (χ4n) is 9.13. The Morgan fingerprint density at radius 3 is 2.10 bits per heavy atom. The number of nitrogens with zero attached hydrogens (tertiary/aromatic N) is 3. The van der Waals surface area contributed by atoms with E-state index in [-0.39, 0.29) is 17.8 Å². The predicted molar refractivity (Wildman–Crippen MR) is 219 cm³/mol. The highest BCUT2D eigenvalue weighted by Gasteiger charge is 2.44. The van der Waals surface area contributed by atoms with E-state index < -0.39 is 13.7 Å². The molecule has 0 radical (unpaired) electrons. The van der Waals surface area contributed by atoms with Crippen molar-refractivity contribution in [2.24, 2.45) is 0 Å². The molecule has 2 aliphatic heterocycles. The third kappa shape index (κ3) is 3.49. The van der Waals surface area contributed by atoms with Gasteiger partial charge in [-0.2, -0.15) is 0 Å². The van der Waals surface area contributed by atoms with E-state index in [4.69, 9.17) is 8.22 Å². The molecule has 0 saturated heterocycles. The number of anilines is 3. The summed E-state index contributed by atoms with van der Waals surface area (Å²) in [4.78, 5) is 2.23. The minimum absolute atomic E-state index is 0.166. The van der Waals surface area contributed by atoms with Crippen LogP contribution in [0.5, 0.6) is 0 Å². The highest BCUT2D eigenvalue weighted by Crippen LogP contribution is 2.48. The van der Waals surface area contributed by atoms with Crippen molar-refractivity contribution in [2.75, 3.05) is 4.90 Å². The third-order valence-corrected chi connectivity index (χ3v) is 12.3. The summed E-state index contributed by atoms with van der Waals surface area (Å²) in [5.41, 5.74) is 12.4.